The van der Waals surface area contributed by atoms with Crippen LogP contribution in [0.2, 0.25) is 0 Å². The van der Waals surface area contributed by atoms with Gasteiger partial charge in [0.05, 0.1) is 12.0 Å². The monoisotopic (exact) mass is 434 g/mol. The van der Waals surface area contributed by atoms with E-state index in [9.17, 15) is 9.90 Å². The van der Waals surface area contributed by atoms with Crippen molar-refractivity contribution in [3.8, 4) is 0 Å². The zero-order valence-electron chi connectivity index (χ0n) is 20.5. The molecule has 1 saturated heterocycles. The van der Waals surface area contributed by atoms with Gasteiger partial charge in [-0.05, 0) is 44.9 Å². The van der Waals surface area contributed by atoms with Crippen LogP contribution in [-0.2, 0) is 9.53 Å². The first-order valence-electron chi connectivity index (χ1n) is 13.4. The Kier molecular flexibility index (Phi) is 17.7. The van der Waals surface area contributed by atoms with E-state index in [0.29, 0.717) is 6.42 Å². The molecule has 0 amide bonds. The van der Waals surface area contributed by atoms with E-state index < -0.39 is 0 Å². The summed E-state index contributed by atoms with van der Waals surface area (Å²) in [5, 5.41) is 10.3. The number of hydrogen-bond donors (Lipinski definition) is 1. The quantitative estimate of drug-likeness (QED) is 0.113. The molecular weight excluding hydrogens is 384 g/mol. The van der Waals surface area contributed by atoms with Gasteiger partial charge in [0, 0.05) is 6.42 Å². The number of cyclic esters (lactones) is 1. The van der Waals surface area contributed by atoms with Crippen LogP contribution in [0.25, 0.3) is 0 Å². The number of ether oxygens (including phenoxy) is 1. The van der Waals surface area contributed by atoms with E-state index in [0.717, 1.165) is 32.1 Å². The number of carbonyl (C=O) groups excluding carboxylic acids is 1. The lowest BCUT2D eigenvalue weighted by Gasteiger charge is -2.36. The molecule has 1 fully saturated rings. The van der Waals surface area contributed by atoms with Crippen LogP contribution in [0.5, 0.6) is 0 Å². The molecule has 3 nitrogen and oxygen atoms in total. The number of aliphatic hydroxyl groups is 1. The molecule has 31 heavy (non-hydrogen) atoms. The van der Waals surface area contributed by atoms with E-state index >= 15 is 0 Å². The maximum atomic E-state index is 11.7. The van der Waals surface area contributed by atoms with Crippen molar-refractivity contribution in [1.82, 2.24) is 0 Å². The summed E-state index contributed by atoms with van der Waals surface area (Å²) in [6, 6.07) is 0. The number of rotatable bonds is 21. The van der Waals surface area contributed by atoms with Gasteiger partial charge in [0.1, 0.15) is 6.10 Å². The van der Waals surface area contributed by atoms with Crippen molar-refractivity contribution in [3.05, 3.63) is 24.3 Å². The number of hydrogen-bond acceptors (Lipinski definition) is 3. The third-order valence-corrected chi connectivity index (χ3v) is 6.38. The van der Waals surface area contributed by atoms with Gasteiger partial charge in [0.15, 0.2) is 0 Å². The van der Waals surface area contributed by atoms with Gasteiger partial charge in [-0.1, -0.05) is 102 Å². The Labute approximate surface area is 192 Å². The Balaban J connectivity index is 1.92. The Morgan fingerprint density at radius 2 is 1.39 bits per heavy atom. The molecule has 0 aliphatic carbocycles. The van der Waals surface area contributed by atoms with Gasteiger partial charge < -0.3 is 9.84 Å². The molecule has 3 atom stereocenters. The molecule has 0 aromatic heterocycles. The number of aliphatic hydroxyl groups excluding tert-OH is 1. The standard InChI is InChI=1S/C28H50O3/c1-3-5-7-9-10-11-12-13-14-15-16-17-18-19-20-22-25(29)24-27-26(28(30)31-27)23-21-8-6-4-2/h10-11,13-14,25-27,29H,3-9,12,15-24H2,1-2H3/t25?,26-,27-/m0/s1. The van der Waals surface area contributed by atoms with E-state index in [2.05, 4.69) is 38.2 Å². The molecule has 1 rings (SSSR count). The van der Waals surface area contributed by atoms with Gasteiger partial charge in [-0.2, -0.15) is 0 Å². The molecule has 1 aliphatic rings. The normalized spacial score (nSPS) is 19.8. The lowest BCUT2D eigenvalue weighted by atomic mass is 9.86. The zero-order valence-corrected chi connectivity index (χ0v) is 20.5. The molecule has 1 unspecified atom stereocenters. The van der Waals surface area contributed by atoms with Crippen molar-refractivity contribution in [2.45, 2.75) is 142 Å². The van der Waals surface area contributed by atoms with Crippen LogP contribution in [0.1, 0.15) is 129 Å². The van der Waals surface area contributed by atoms with E-state index in [4.69, 9.17) is 4.74 Å². The average Bonchev–Trinajstić information content (AvgIpc) is 2.76. The molecule has 0 aromatic rings. The van der Waals surface area contributed by atoms with Crippen LogP contribution in [0.3, 0.4) is 0 Å². The summed E-state index contributed by atoms with van der Waals surface area (Å²) >= 11 is 0. The van der Waals surface area contributed by atoms with Gasteiger partial charge in [0.2, 0.25) is 0 Å². The Morgan fingerprint density at radius 3 is 2.06 bits per heavy atom. The zero-order chi connectivity index (χ0) is 22.6. The lowest BCUT2D eigenvalue weighted by Crippen LogP contribution is -2.46. The van der Waals surface area contributed by atoms with Gasteiger partial charge in [0.25, 0.3) is 0 Å². The maximum absolute atomic E-state index is 11.7. The molecule has 0 aromatic carbocycles. The number of unbranched alkanes of at least 4 members (excludes halogenated alkanes) is 11. The molecule has 0 bridgehead atoms. The van der Waals surface area contributed by atoms with E-state index in [1.54, 1.807) is 0 Å². The molecule has 0 saturated carbocycles. The second kappa shape index (κ2) is 19.6. The van der Waals surface area contributed by atoms with E-state index in [1.807, 2.05) is 0 Å². The minimum atomic E-state index is -0.325. The van der Waals surface area contributed by atoms with Crippen molar-refractivity contribution >= 4 is 5.97 Å². The highest BCUT2D eigenvalue weighted by Gasteiger charge is 2.42. The first-order chi connectivity index (χ1) is 15.2. The fraction of sp³-hybridized carbons (Fsp3) is 0.821. The smallest absolute Gasteiger partial charge is 0.313 e. The van der Waals surface area contributed by atoms with Crippen LogP contribution in [0.4, 0.5) is 0 Å². The number of esters is 1. The van der Waals surface area contributed by atoms with Crippen molar-refractivity contribution in [2.24, 2.45) is 5.92 Å². The average molecular weight is 435 g/mol. The molecule has 0 radical (unpaired) electrons. The van der Waals surface area contributed by atoms with Crippen LogP contribution in [-0.4, -0.2) is 23.3 Å². The van der Waals surface area contributed by atoms with E-state index in [-0.39, 0.29) is 24.1 Å². The first kappa shape index (κ1) is 27.9. The highest BCUT2D eigenvalue weighted by atomic mass is 16.6. The van der Waals surface area contributed by atoms with Gasteiger partial charge in [-0.3, -0.25) is 4.79 Å². The number of carbonyl (C=O) groups is 1. The molecule has 1 N–H and O–H groups in total. The van der Waals surface area contributed by atoms with Crippen LogP contribution < -0.4 is 0 Å². The molecule has 1 aliphatic heterocycles. The Bertz CT molecular complexity index is 483. The largest absolute Gasteiger partial charge is 0.461 e. The van der Waals surface area contributed by atoms with Crippen molar-refractivity contribution in [2.75, 3.05) is 0 Å². The second-order valence-electron chi connectivity index (χ2n) is 9.34. The summed E-state index contributed by atoms with van der Waals surface area (Å²) in [5.74, 6) is -0.0122. The number of allylic oxidation sites excluding steroid dienone is 4. The van der Waals surface area contributed by atoms with E-state index in [1.165, 1.54) is 77.0 Å². The fourth-order valence-corrected chi connectivity index (χ4v) is 4.28. The molecular formula is C28H50O3. The topological polar surface area (TPSA) is 46.5 Å². The van der Waals surface area contributed by atoms with Crippen LogP contribution in [0.15, 0.2) is 24.3 Å². The third-order valence-electron chi connectivity index (χ3n) is 6.38. The summed E-state index contributed by atoms with van der Waals surface area (Å²) in [4.78, 5) is 11.7. The van der Waals surface area contributed by atoms with Crippen LogP contribution in [0, 0.1) is 5.92 Å². The summed E-state index contributed by atoms with van der Waals surface area (Å²) < 4.78 is 5.30. The van der Waals surface area contributed by atoms with Crippen molar-refractivity contribution < 1.29 is 14.6 Å². The van der Waals surface area contributed by atoms with Gasteiger partial charge in [-0.15, -0.1) is 0 Å². The summed E-state index contributed by atoms with van der Waals surface area (Å²) in [6.45, 7) is 4.44. The van der Waals surface area contributed by atoms with Crippen molar-refractivity contribution in [1.29, 1.82) is 0 Å². The minimum Gasteiger partial charge on any atom is -0.461 e. The molecule has 0 spiro atoms. The second-order valence-corrected chi connectivity index (χ2v) is 9.34. The first-order valence-corrected chi connectivity index (χ1v) is 13.4. The highest BCUT2D eigenvalue weighted by Crippen LogP contribution is 2.31. The summed E-state index contributed by atoms with van der Waals surface area (Å²) in [6.07, 6.45) is 29.5. The molecule has 1 heterocycles. The maximum Gasteiger partial charge on any atom is 0.313 e. The fourth-order valence-electron chi connectivity index (χ4n) is 4.28. The minimum absolute atomic E-state index is 0.0381. The summed E-state index contributed by atoms with van der Waals surface area (Å²) in [5.41, 5.74) is 0. The van der Waals surface area contributed by atoms with Crippen LogP contribution >= 0.6 is 0 Å². The van der Waals surface area contributed by atoms with Gasteiger partial charge in [-0.25, -0.2) is 0 Å². The molecule has 3 heteroatoms. The predicted octanol–water partition coefficient (Wildman–Crippen LogP) is 8.06. The van der Waals surface area contributed by atoms with Crippen molar-refractivity contribution in [3.63, 3.8) is 0 Å². The van der Waals surface area contributed by atoms with Gasteiger partial charge >= 0.3 is 5.97 Å². The highest BCUT2D eigenvalue weighted by molar-refractivity contribution is 5.78. The third kappa shape index (κ3) is 14.6. The Morgan fingerprint density at radius 1 is 0.806 bits per heavy atom. The SMILES string of the molecule is CCCCCC=CCC=CCCCCCCCC(O)C[C@@H]1OC(=O)[C@H]1CCCCCC. The predicted molar refractivity (Wildman–Crippen MR) is 132 cm³/mol. The molecule has 180 valence electrons. The Hall–Kier alpha value is -1.09. The summed E-state index contributed by atoms with van der Waals surface area (Å²) in [7, 11) is 0. The lowest BCUT2D eigenvalue weighted by molar-refractivity contribution is -0.188.